The van der Waals surface area contributed by atoms with Crippen molar-refractivity contribution in [2.45, 2.75) is 25.8 Å². The van der Waals surface area contributed by atoms with E-state index in [1.807, 2.05) is 79.1 Å². The van der Waals surface area contributed by atoms with E-state index < -0.39 is 0 Å². The van der Waals surface area contributed by atoms with Crippen LogP contribution in [0.1, 0.15) is 41.9 Å². The Balaban J connectivity index is 1.32. The summed E-state index contributed by atoms with van der Waals surface area (Å²) in [7, 11) is 0. The Hall–Kier alpha value is -4.63. The molecule has 0 spiro atoms. The zero-order valence-electron chi connectivity index (χ0n) is 25.9. The first kappa shape index (κ1) is 31.0. The summed E-state index contributed by atoms with van der Waals surface area (Å²) in [5, 5.41) is 5.15. The lowest BCUT2D eigenvalue weighted by atomic mass is 9.99. The predicted molar refractivity (Wildman–Crippen MR) is 189 cm³/mol. The van der Waals surface area contributed by atoms with Gasteiger partial charge in [0.25, 0.3) is 5.91 Å². The fraction of sp³-hybridized carbons (Fsp3) is 0.216. The van der Waals surface area contributed by atoms with Crippen molar-refractivity contribution in [2.75, 3.05) is 31.6 Å². The van der Waals surface area contributed by atoms with Gasteiger partial charge in [-0.25, -0.2) is 9.97 Å². The van der Waals surface area contributed by atoms with Gasteiger partial charge >= 0.3 is 0 Å². The maximum atomic E-state index is 14.3. The number of carbonyl (C=O) groups excluding carboxylic acids is 1. The molecular weight excluding hydrogens is 631 g/mol. The van der Waals surface area contributed by atoms with E-state index in [0.717, 1.165) is 53.1 Å². The molecule has 1 fully saturated rings. The minimum Gasteiger partial charge on any atom is -0.475 e. The van der Waals surface area contributed by atoms with E-state index >= 15 is 0 Å². The SMILES string of the molecule is C[C@@H](c1ccc(Cl)cc1)n1cnc(-c2ccccc2)c1-c1c(C(=O)Nc2cccnc2OCCN2CCCC2)[nH]c2cc(Cl)ccc12. The molecule has 1 aliphatic heterocycles. The monoisotopic (exact) mass is 664 g/mol. The number of ether oxygens (including phenoxy) is 1. The highest BCUT2D eigenvalue weighted by atomic mass is 35.5. The molecule has 4 heterocycles. The zero-order valence-corrected chi connectivity index (χ0v) is 27.4. The molecule has 6 aromatic rings. The second-order valence-corrected chi connectivity index (χ2v) is 12.6. The van der Waals surface area contributed by atoms with Gasteiger partial charge in [-0.3, -0.25) is 9.69 Å². The van der Waals surface area contributed by atoms with Gasteiger partial charge in [0.05, 0.1) is 23.8 Å². The third-order valence-electron chi connectivity index (χ3n) is 8.70. The standard InChI is InChI=1S/C37H34Cl2N6O2/c1-24(25-11-13-27(38)14-12-25)45-23-41-33(26-8-3-2-4-9-26)35(45)32-29-16-15-28(39)22-31(29)42-34(32)36(46)43-30-10-7-17-40-37(30)47-21-20-44-18-5-6-19-44/h2-4,7-17,22-24,42H,5-6,18-21H2,1H3,(H,43,46)/t24-/m0/s1. The van der Waals surface area contributed by atoms with E-state index in [1.165, 1.54) is 12.8 Å². The first-order chi connectivity index (χ1) is 23.0. The Labute approximate surface area is 283 Å². The molecule has 1 atom stereocenters. The fourth-order valence-electron chi connectivity index (χ4n) is 6.26. The van der Waals surface area contributed by atoms with Crippen LogP contribution in [0.3, 0.4) is 0 Å². The number of halogens is 2. The Morgan fingerprint density at radius 3 is 2.51 bits per heavy atom. The van der Waals surface area contributed by atoms with E-state index in [1.54, 1.807) is 18.3 Å². The minimum absolute atomic E-state index is 0.130. The molecule has 3 aromatic heterocycles. The van der Waals surface area contributed by atoms with E-state index in [0.29, 0.717) is 39.5 Å². The number of benzene rings is 3. The molecule has 0 radical (unpaired) electrons. The first-order valence-electron chi connectivity index (χ1n) is 15.8. The van der Waals surface area contributed by atoms with Crippen molar-refractivity contribution in [1.82, 2.24) is 24.4 Å². The number of H-pyrrole nitrogens is 1. The summed E-state index contributed by atoms with van der Waals surface area (Å²) in [5.74, 6) is 0.0442. The number of hydrogen-bond acceptors (Lipinski definition) is 5. The van der Waals surface area contributed by atoms with Crippen molar-refractivity contribution in [2.24, 2.45) is 0 Å². The number of fused-ring (bicyclic) bond motifs is 1. The number of rotatable bonds is 10. The lowest BCUT2D eigenvalue weighted by Gasteiger charge is -2.19. The number of imidazole rings is 1. The van der Waals surface area contributed by atoms with Gasteiger partial charge in [-0.15, -0.1) is 0 Å². The molecule has 3 aromatic carbocycles. The van der Waals surface area contributed by atoms with E-state index in [2.05, 4.69) is 31.7 Å². The van der Waals surface area contributed by atoms with Gasteiger partial charge in [-0.05, 0) is 74.8 Å². The van der Waals surface area contributed by atoms with Crippen LogP contribution in [0.2, 0.25) is 10.0 Å². The summed E-state index contributed by atoms with van der Waals surface area (Å²) in [6.45, 7) is 5.57. The second-order valence-electron chi connectivity index (χ2n) is 11.7. The lowest BCUT2D eigenvalue weighted by Crippen LogP contribution is -2.25. The molecule has 2 N–H and O–H groups in total. The third-order valence-corrected chi connectivity index (χ3v) is 9.19. The molecule has 8 nitrogen and oxygen atoms in total. The predicted octanol–water partition coefficient (Wildman–Crippen LogP) is 8.74. The zero-order chi connectivity index (χ0) is 32.3. The molecule has 1 aliphatic rings. The molecule has 0 bridgehead atoms. The summed E-state index contributed by atoms with van der Waals surface area (Å²) in [5.41, 5.74) is 5.84. The molecule has 7 rings (SSSR count). The lowest BCUT2D eigenvalue weighted by molar-refractivity contribution is 0.102. The molecule has 1 saturated heterocycles. The molecular formula is C37H34Cl2N6O2. The number of aromatic amines is 1. The van der Waals surface area contributed by atoms with Crippen molar-refractivity contribution < 1.29 is 9.53 Å². The average Bonchev–Trinajstić information content (AvgIpc) is 3.85. The highest BCUT2D eigenvalue weighted by Gasteiger charge is 2.28. The van der Waals surface area contributed by atoms with E-state index in [4.69, 9.17) is 32.9 Å². The van der Waals surface area contributed by atoms with Crippen molar-refractivity contribution >= 4 is 45.7 Å². The van der Waals surface area contributed by atoms with Crippen molar-refractivity contribution in [3.63, 3.8) is 0 Å². The Morgan fingerprint density at radius 2 is 1.72 bits per heavy atom. The Morgan fingerprint density at radius 1 is 0.957 bits per heavy atom. The maximum absolute atomic E-state index is 14.3. The number of anilines is 1. The van der Waals surface area contributed by atoms with Gasteiger partial charge < -0.3 is 19.6 Å². The normalized spacial score (nSPS) is 14.0. The topological polar surface area (TPSA) is 88.1 Å². The van der Waals surface area contributed by atoms with Gasteiger partial charge in [0.2, 0.25) is 5.88 Å². The van der Waals surface area contributed by atoms with E-state index in [9.17, 15) is 4.79 Å². The molecule has 0 saturated carbocycles. The second kappa shape index (κ2) is 13.6. The summed E-state index contributed by atoms with van der Waals surface area (Å²) in [6.07, 6.45) is 5.93. The van der Waals surface area contributed by atoms with Crippen LogP contribution in [0.15, 0.2) is 97.5 Å². The molecule has 47 heavy (non-hydrogen) atoms. The number of aromatic nitrogens is 4. The Bertz CT molecular complexity index is 2020. The fourth-order valence-corrected chi connectivity index (χ4v) is 6.56. The van der Waals surface area contributed by atoms with Crippen molar-refractivity contribution in [3.8, 4) is 28.4 Å². The highest BCUT2D eigenvalue weighted by Crippen LogP contribution is 2.41. The van der Waals surface area contributed by atoms with Crippen LogP contribution < -0.4 is 10.1 Å². The molecule has 1 amide bonds. The van der Waals surface area contributed by atoms with Crippen molar-refractivity contribution in [3.05, 3.63) is 119 Å². The highest BCUT2D eigenvalue weighted by molar-refractivity contribution is 6.31. The average molecular weight is 666 g/mol. The summed E-state index contributed by atoms with van der Waals surface area (Å²) in [4.78, 5) is 29.5. The van der Waals surface area contributed by atoms with Gasteiger partial charge in [-0.1, -0.05) is 71.7 Å². The van der Waals surface area contributed by atoms with E-state index in [-0.39, 0.29) is 11.9 Å². The van der Waals surface area contributed by atoms with Crippen LogP contribution in [0, 0.1) is 0 Å². The molecule has 0 unspecified atom stereocenters. The molecule has 10 heteroatoms. The van der Waals surface area contributed by atoms with Gasteiger partial charge in [0.15, 0.2) is 0 Å². The van der Waals surface area contributed by atoms with Gasteiger partial charge in [0, 0.05) is 44.8 Å². The van der Waals surface area contributed by atoms with Crippen LogP contribution >= 0.6 is 23.2 Å². The van der Waals surface area contributed by atoms with Crippen LogP contribution in [0.5, 0.6) is 5.88 Å². The van der Waals surface area contributed by atoms with Crippen LogP contribution in [0.4, 0.5) is 5.69 Å². The van der Waals surface area contributed by atoms with Crippen LogP contribution in [-0.2, 0) is 0 Å². The minimum atomic E-state index is -0.337. The number of amides is 1. The van der Waals surface area contributed by atoms with Gasteiger partial charge in [-0.2, -0.15) is 0 Å². The summed E-state index contributed by atoms with van der Waals surface area (Å²) >= 11 is 12.7. The maximum Gasteiger partial charge on any atom is 0.272 e. The van der Waals surface area contributed by atoms with Crippen LogP contribution in [-0.4, -0.2) is 56.6 Å². The van der Waals surface area contributed by atoms with Gasteiger partial charge in [0.1, 0.15) is 18.0 Å². The summed E-state index contributed by atoms with van der Waals surface area (Å²) in [6, 6.07) is 26.8. The number of carbonyl (C=O) groups is 1. The summed E-state index contributed by atoms with van der Waals surface area (Å²) < 4.78 is 8.19. The Kier molecular flexibility index (Phi) is 8.98. The first-order valence-corrected chi connectivity index (χ1v) is 16.5. The number of likely N-dealkylation sites (tertiary alicyclic amines) is 1. The smallest absolute Gasteiger partial charge is 0.272 e. The number of nitrogens with zero attached hydrogens (tertiary/aromatic N) is 4. The molecule has 0 aliphatic carbocycles. The van der Waals surface area contributed by atoms with Crippen molar-refractivity contribution in [1.29, 1.82) is 0 Å². The molecule has 238 valence electrons. The number of pyridine rings is 1. The quantitative estimate of drug-likeness (QED) is 0.153. The largest absolute Gasteiger partial charge is 0.475 e. The number of nitrogens with one attached hydrogen (secondary N) is 2. The third kappa shape index (κ3) is 6.49. The number of hydrogen-bond donors (Lipinski definition) is 2. The van der Waals surface area contributed by atoms with Crippen LogP contribution in [0.25, 0.3) is 33.4 Å².